The maximum Gasteiger partial charge on any atom is 0.311 e. The van der Waals surface area contributed by atoms with E-state index in [0.717, 1.165) is 0 Å². The first-order valence-corrected chi connectivity index (χ1v) is 3.82. The van der Waals surface area contributed by atoms with Crippen LogP contribution >= 0.6 is 0 Å². The molecule has 1 fully saturated rings. The van der Waals surface area contributed by atoms with Crippen molar-refractivity contribution in [2.45, 2.75) is 39.4 Å². The zero-order valence-corrected chi connectivity index (χ0v) is 6.94. The highest BCUT2D eigenvalue weighted by atomic mass is 16.5. The van der Waals surface area contributed by atoms with Crippen LogP contribution < -0.4 is 0 Å². The van der Waals surface area contributed by atoms with Gasteiger partial charge in [-0.25, -0.2) is 0 Å². The number of esters is 1. The Kier molecular flexibility index (Phi) is 1.32. The molecule has 0 aromatic carbocycles. The molecule has 1 rings (SSSR count). The van der Waals surface area contributed by atoms with Crippen molar-refractivity contribution in [3.8, 4) is 0 Å². The van der Waals surface area contributed by atoms with Gasteiger partial charge in [0.2, 0.25) is 0 Å². The van der Waals surface area contributed by atoms with E-state index in [1.165, 1.54) is 0 Å². The Morgan fingerprint density at radius 3 is 2.64 bits per heavy atom. The summed E-state index contributed by atoms with van der Waals surface area (Å²) >= 11 is 0. The van der Waals surface area contributed by atoms with Crippen molar-refractivity contribution in [2.75, 3.05) is 6.61 Å². The van der Waals surface area contributed by atoms with E-state index in [1.54, 1.807) is 13.8 Å². The van der Waals surface area contributed by atoms with Crippen molar-refractivity contribution in [3.05, 3.63) is 0 Å². The molecule has 0 aliphatic heterocycles. The van der Waals surface area contributed by atoms with Crippen molar-refractivity contribution >= 4 is 5.97 Å². The molecule has 64 valence electrons. The largest absolute Gasteiger partial charge is 0.466 e. The van der Waals surface area contributed by atoms with Gasteiger partial charge in [-0.05, 0) is 26.7 Å². The summed E-state index contributed by atoms with van der Waals surface area (Å²) in [7, 11) is 0. The van der Waals surface area contributed by atoms with Crippen LogP contribution in [-0.2, 0) is 9.53 Å². The fraction of sp³-hybridized carbons (Fsp3) is 0.889. The third kappa shape index (κ3) is 1.73. The quantitative estimate of drug-likeness (QED) is 0.578. The number of hydrogen-bond donors (Lipinski definition) is 0. The minimum Gasteiger partial charge on any atom is -0.466 e. The molecule has 1 saturated carbocycles. The molecule has 0 N–H and O–H groups in total. The van der Waals surface area contributed by atoms with E-state index in [0.29, 0.717) is 0 Å². The number of carbonyl (C=O) groups excluding carboxylic acids is 1. The SMILES string of the molecule is [2H]C1([2H])CC(C)(C(=O)OCC)CC1([2H])[2H]. The lowest BCUT2D eigenvalue weighted by Crippen LogP contribution is -2.26. The van der Waals surface area contributed by atoms with Crippen LogP contribution in [0.1, 0.15) is 44.9 Å². The number of rotatable bonds is 2. The topological polar surface area (TPSA) is 26.3 Å². The molecule has 0 bridgehead atoms. The molecule has 0 aromatic heterocycles. The van der Waals surface area contributed by atoms with E-state index in [4.69, 9.17) is 10.2 Å². The van der Waals surface area contributed by atoms with E-state index in [2.05, 4.69) is 0 Å². The predicted molar refractivity (Wildman–Crippen MR) is 43.2 cm³/mol. The summed E-state index contributed by atoms with van der Waals surface area (Å²) in [5.74, 6) is -0.504. The average Bonchev–Trinajstić information content (AvgIpc) is 2.17. The second-order valence-corrected chi connectivity index (χ2v) is 2.99. The summed E-state index contributed by atoms with van der Waals surface area (Å²) in [4.78, 5) is 11.6. The van der Waals surface area contributed by atoms with Gasteiger partial charge in [-0.3, -0.25) is 4.79 Å². The van der Waals surface area contributed by atoms with Crippen LogP contribution in [0, 0.1) is 5.41 Å². The lowest BCUT2D eigenvalue weighted by molar-refractivity contribution is -0.154. The fourth-order valence-electron chi connectivity index (χ4n) is 1.03. The standard InChI is InChI=1S/C9H16O2/c1-3-11-8(10)9(2)6-4-5-7-9/h3-7H2,1-2H3/i4D2,5D2. The molecule has 0 heterocycles. The fourth-order valence-corrected chi connectivity index (χ4v) is 1.03. The summed E-state index contributed by atoms with van der Waals surface area (Å²) < 4.78 is 35.1. The van der Waals surface area contributed by atoms with Crippen LogP contribution in [0.25, 0.3) is 0 Å². The van der Waals surface area contributed by atoms with Gasteiger partial charge in [-0.15, -0.1) is 0 Å². The van der Waals surface area contributed by atoms with Crippen LogP contribution in [0.5, 0.6) is 0 Å². The van der Waals surface area contributed by atoms with E-state index in [9.17, 15) is 4.79 Å². The van der Waals surface area contributed by atoms with E-state index < -0.39 is 24.1 Å². The predicted octanol–water partition coefficient (Wildman–Crippen LogP) is 2.13. The van der Waals surface area contributed by atoms with Gasteiger partial charge < -0.3 is 4.74 Å². The van der Waals surface area contributed by atoms with Crippen LogP contribution in [0.4, 0.5) is 0 Å². The van der Waals surface area contributed by atoms with Crippen LogP contribution in [-0.4, -0.2) is 12.6 Å². The smallest absolute Gasteiger partial charge is 0.311 e. The molecule has 0 spiro atoms. The van der Waals surface area contributed by atoms with Crippen LogP contribution in [0.15, 0.2) is 0 Å². The van der Waals surface area contributed by atoms with Gasteiger partial charge in [-0.2, -0.15) is 0 Å². The van der Waals surface area contributed by atoms with Crippen molar-refractivity contribution < 1.29 is 15.0 Å². The van der Waals surface area contributed by atoms with Crippen molar-refractivity contribution in [3.63, 3.8) is 0 Å². The molecule has 1 aliphatic rings. The molecule has 0 unspecified atom stereocenters. The molecule has 1 aliphatic carbocycles. The van der Waals surface area contributed by atoms with E-state index >= 15 is 0 Å². The summed E-state index contributed by atoms with van der Waals surface area (Å²) in [6, 6.07) is 0. The summed E-state index contributed by atoms with van der Waals surface area (Å²) in [6.45, 7) is 3.48. The Bertz CT molecular complexity index is 259. The molecule has 0 atom stereocenters. The lowest BCUT2D eigenvalue weighted by Gasteiger charge is -2.20. The zero-order chi connectivity index (χ0) is 11.9. The highest BCUT2D eigenvalue weighted by Gasteiger charge is 2.37. The van der Waals surface area contributed by atoms with Gasteiger partial charge in [0.1, 0.15) is 0 Å². The summed E-state index contributed by atoms with van der Waals surface area (Å²) in [5, 5.41) is 0. The normalized spacial score (nSPS) is 36.2. The molecular weight excluding hydrogens is 140 g/mol. The molecule has 2 heteroatoms. The second-order valence-electron chi connectivity index (χ2n) is 2.99. The molecule has 0 aromatic rings. The number of hydrogen-bond acceptors (Lipinski definition) is 2. The Morgan fingerprint density at radius 2 is 2.18 bits per heavy atom. The highest BCUT2D eigenvalue weighted by molar-refractivity contribution is 5.76. The van der Waals surface area contributed by atoms with Crippen LogP contribution in [0.2, 0.25) is 0 Å². The third-order valence-electron chi connectivity index (χ3n) is 1.85. The minimum atomic E-state index is -1.96. The molecule has 2 nitrogen and oxygen atoms in total. The van der Waals surface area contributed by atoms with Crippen molar-refractivity contribution in [1.82, 2.24) is 0 Å². The molecule has 0 radical (unpaired) electrons. The Labute approximate surface area is 73.5 Å². The summed E-state index contributed by atoms with van der Waals surface area (Å²) in [6.07, 6.45) is -4.17. The Hall–Kier alpha value is -0.530. The van der Waals surface area contributed by atoms with E-state index in [1.807, 2.05) is 0 Å². The van der Waals surface area contributed by atoms with Gasteiger partial charge in [0.25, 0.3) is 0 Å². The monoisotopic (exact) mass is 160 g/mol. The van der Waals surface area contributed by atoms with Crippen molar-refractivity contribution in [2.24, 2.45) is 5.41 Å². The Balaban J connectivity index is 2.89. The first kappa shape index (κ1) is 4.48. The highest BCUT2D eigenvalue weighted by Crippen LogP contribution is 2.38. The maximum atomic E-state index is 11.6. The molecule has 11 heavy (non-hydrogen) atoms. The lowest BCUT2D eigenvalue weighted by atomic mass is 9.89. The Morgan fingerprint density at radius 1 is 1.64 bits per heavy atom. The van der Waals surface area contributed by atoms with Gasteiger partial charge in [0.05, 0.1) is 12.0 Å². The maximum absolute atomic E-state index is 11.6. The molecule has 0 amide bonds. The van der Waals surface area contributed by atoms with Gasteiger partial charge in [0, 0.05) is 5.48 Å². The number of carbonyl (C=O) groups is 1. The molecule has 0 saturated heterocycles. The zero-order valence-electron chi connectivity index (χ0n) is 10.9. The number of ether oxygens (including phenoxy) is 1. The first-order valence-electron chi connectivity index (χ1n) is 5.82. The van der Waals surface area contributed by atoms with Gasteiger partial charge >= 0.3 is 5.97 Å². The van der Waals surface area contributed by atoms with Gasteiger partial charge in [-0.1, -0.05) is 12.7 Å². The molecular formula is C9H16O2. The van der Waals surface area contributed by atoms with E-state index in [-0.39, 0.29) is 19.4 Å². The first-order chi connectivity index (χ1) is 6.65. The summed E-state index contributed by atoms with van der Waals surface area (Å²) in [5.41, 5.74) is -1.04. The minimum absolute atomic E-state index is 0.119. The second kappa shape index (κ2) is 3.24. The van der Waals surface area contributed by atoms with Crippen LogP contribution in [0.3, 0.4) is 0 Å². The van der Waals surface area contributed by atoms with Gasteiger partial charge in [0.15, 0.2) is 0 Å². The van der Waals surface area contributed by atoms with Crippen molar-refractivity contribution in [1.29, 1.82) is 0 Å². The average molecular weight is 160 g/mol. The third-order valence-corrected chi connectivity index (χ3v) is 1.85.